The highest BCUT2D eigenvalue weighted by atomic mass is 16.7. The van der Waals surface area contributed by atoms with Gasteiger partial charge in [0.25, 0.3) is 5.91 Å². The number of carbonyl (C=O) groups is 1. The Morgan fingerprint density at radius 1 is 1.50 bits per heavy atom. The monoisotopic (exact) mass is 167 g/mol. The molecule has 0 N–H and O–H groups in total. The molecule has 1 saturated heterocycles. The summed E-state index contributed by atoms with van der Waals surface area (Å²) in [6.45, 7) is 3.27. The lowest BCUT2D eigenvalue weighted by atomic mass is 10.4. The summed E-state index contributed by atoms with van der Waals surface area (Å²) < 4.78 is 0. The maximum absolute atomic E-state index is 11.2. The SMILES string of the molecule is C/C=C/C=C/C(=O)N1CCCO1. The van der Waals surface area contributed by atoms with Crippen LogP contribution in [0.25, 0.3) is 0 Å². The molecule has 0 atom stereocenters. The number of amides is 1. The van der Waals surface area contributed by atoms with E-state index in [4.69, 9.17) is 4.84 Å². The Balaban J connectivity index is 2.36. The van der Waals surface area contributed by atoms with Crippen LogP contribution >= 0.6 is 0 Å². The minimum absolute atomic E-state index is 0.0781. The van der Waals surface area contributed by atoms with Crippen LogP contribution in [0.1, 0.15) is 13.3 Å². The normalized spacial score (nSPS) is 18.2. The zero-order chi connectivity index (χ0) is 8.81. The van der Waals surface area contributed by atoms with Gasteiger partial charge in [0.2, 0.25) is 0 Å². The molecule has 0 aromatic rings. The molecule has 0 spiro atoms. The molecule has 0 radical (unpaired) electrons. The van der Waals surface area contributed by atoms with Crippen molar-refractivity contribution in [2.45, 2.75) is 13.3 Å². The lowest BCUT2D eigenvalue weighted by Crippen LogP contribution is -2.24. The van der Waals surface area contributed by atoms with Crippen LogP contribution in [0.5, 0.6) is 0 Å². The third-order valence-electron chi connectivity index (χ3n) is 1.54. The third kappa shape index (κ3) is 2.51. The van der Waals surface area contributed by atoms with Gasteiger partial charge in [0.15, 0.2) is 0 Å². The summed E-state index contributed by atoms with van der Waals surface area (Å²) in [5.74, 6) is -0.0781. The Morgan fingerprint density at radius 3 is 2.92 bits per heavy atom. The molecule has 0 bridgehead atoms. The second-order valence-electron chi connectivity index (χ2n) is 2.51. The standard InChI is InChI=1S/C9H13NO2/c1-2-3-4-6-9(11)10-7-5-8-12-10/h2-4,6H,5,7-8H2,1H3/b3-2+,6-4+. The van der Waals surface area contributed by atoms with Crippen LogP contribution in [0.15, 0.2) is 24.3 Å². The summed E-state index contributed by atoms with van der Waals surface area (Å²) in [6.07, 6.45) is 7.83. The number of nitrogens with zero attached hydrogens (tertiary/aromatic N) is 1. The van der Waals surface area contributed by atoms with Crippen molar-refractivity contribution in [2.75, 3.05) is 13.2 Å². The molecule has 3 nitrogen and oxygen atoms in total. The fraction of sp³-hybridized carbons (Fsp3) is 0.444. The predicted octanol–water partition coefficient (Wildman–Crippen LogP) is 1.28. The molecule has 3 heteroatoms. The van der Waals surface area contributed by atoms with Crippen molar-refractivity contribution in [1.29, 1.82) is 0 Å². The third-order valence-corrected chi connectivity index (χ3v) is 1.54. The lowest BCUT2D eigenvalue weighted by molar-refractivity contribution is -0.162. The van der Waals surface area contributed by atoms with Gasteiger partial charge in [-0.15, -0.1) is 0 Å². The Morgan fingerprint density at radius 2 is 2.33 bits per heavy atom. The molecule has 1 amide bonds. The Bertz CT molecular complexity index is 203. The number of allylic oxidation sites excluding steroid dienone is 3. The van der Waals surface area contributed by atoms with E-state index >= 15 is 0 Å². The summed E-state index contributed by atoms with van der Waals surface area (Å²) in [4.78, 5) is 16.3. The summed E-state index contributed by atoms with van der Waals surface area (Å²) in [7, 11) is 0. The average molecular weight is 167 g/mol. The van der Waals surface area contributed by atoms with E-state index in [1.165, 1.54) is 11.1 Å². The van der Waals surface area contributed by atoms with E-state index in [0.717, 1.165) is 6.42 Å². The molecular weight excluding hydrogens is 154 g/mol. The maximum Gasteiger partial charge on any atom is 0.270 e. The summed E-state index contributed by atoms with van der Waals surface area (Å²) in [6, 6.07) is 0. The van der Waals surface area contributed by atoms with Crippen molar-refractivity contribution in [3.63, 3.8) is 0 Å². The predicted molar refractivity (Wildman–Crippen MR) is 46.2 cm³/mol. The van der Waals surface area contributed by atoms with Gasteiger partial charge in [0.05, 0.1) is 13.2 Å². The van der Waals surface area contributed by atoms with Crippen molar-refractivity contribution in [1.82, 2.24) is 5.06 Å². The second kappa shape index (κ2) is 4.72. The van der Waals surface area contributed by atoms with E-state index in [0.29, 0.717) is 13.2 Å². The van der Waals surface area contributed by atoms with E-state index in [-0.39, 0.29) is 5.91 Å². The highest BCUT2D eigenvalue weighted by Gasteiger charge is 2.15. The second-order valence-corrected chi connectivity index (χ2v) is 2.51. The highest BCUT2D eigenvalue weighted by molar-refractivity contribution is 5.87. The van der Waals surface area contributed by atoms with Gasteiger partial charge in [-0.25, -0.2) is 5.06 Å². The highest BCUT2D eigenvalue weighted by Crippen LogP contribution is 2.04. The van der Waals surface area contributed by atoms with Gasteiger partial charge in [-0.05, 0) is 13.3 Å². The minimum Gasteiger partial charge on any atom is -0.271 e. The average Bonchev–Trinajstić information content (AvgIpc) is 2.56. The van der Waals surface area contributed by atoms with E-state index in [1.807, 2.05) is 19.1 Å². The summed E-state index contributed by atoms with van der Waals surface area (Å²) in [5.41, 5.74) is 0. The minimum atomic E-state index is -0.0781. The fourth-order valence-corrected chi connectivity index (χ4v) is 0.953. The number of rotatable bonds is 2. The molecule has 66 valence electrons. The van der Waals surface area contributed by atoms with Crippen LogP contribution in [0.3, 0.4) is 0 Å². The van der Waals surface area contributed by atoms with Gasteiger partial charge < -0.3 is 0 Å². The number of hydroxylamine groups is 2. The Hall–Kier alpha value is -1.09. The van der Waals surface area contributed by atoms with Crippen molar-refractivity contribution in [3.05, 3.63) is 24.3 Å². The summed E-state index contributed by atoms with van der Waals surface area (Å²) in [5, 5.41) is 1.39. The van der Waals surface area contributed by atoms with Gasteiger partial charge in [0.1, 0.15) is 0 Å². The van der Waals surface area contributed by atoms with Crippen LogP contribution in [0.4, 0.5) is 0 Å². The van der Waals surface area contributed by atoms with Gasteiger partial charge in [-0.1, -0.05) is 18.2 Å². The first kappa shape index (κ1) is 9.00. The molecule has 0 aromatic carbocycles. The fourth-order valence-electron chi connectivity index (χ4n) is 0.953. The Kier molecular flexibility index (Phi) is 3.54. The smallest absolute Gasteiger partial charge is 0.270 e. The number of hydrogen-bond donors (Lipinski definition) is 0. The molecule has 0 saturated carbocycles. The first-order valence-electron chi connectivity index (χ1n) is 4.08. The van der Waals surface area contributed by atoms with Gasteiger partial charge in [0, 0.05) is 6.08 Å². The first-order valence-corrected chi connectivity index (χ1v) is 4.08. The van der Waals surface area contributed by atoms with Crippen LogP contribution in [0.2, 0.25) is 0 Å². The van der Waals surface area contributed by atoms with E-state index in [1.54, 1.807) is 6.08 Å². The first-order chi connectivity index (χ1) is 5.84. The topological polar surface area (TPSA) is 29.5 Å². The zero-order valence-corrected chi connectivity index (χ0v) is 7.19. The van der Waals surface area contributed by atoms with E-state index in [9.17, 15) is 4.79 Å². The molecule has 1 rings (SSSR count). The molecule has 12 heavy (non-hydrogen) atoms. The largest absolute Gasteiger partial charge is 0.271 e. The molecule has 1 aliphatic rings. The van der Waals surface area contributed by atoms with Crippen LogP contribution < -0.4 is 0 Å². The molecule has 0 aromatic heterocycles. The van der Waals surface area contributed by atoms with Gasteiger partial charge in [-0.2, -0.15) is 0 Å². The van der Waals surface area contributed by atoms with E-state index in [2.05, 4.69) is 0 Å². The molecular formula is C9H13NO2. The molecule has 1 aliphatic heterocycles. The van der Waals surface area contributed by atoms with Crippen LogP contribution in [-0.2, 0) is 9.63 Å². The van der Waals surface area contributed by atoms with Crippen molar-refractivity contribution >= 4 is 5.91 Å². The quantitative estimate of drug-likeness (QED) is 0.458. The Labute approximate surface area is 72.3 Å². The van der Waals surface area contributed by atoms with Gasteiger partial charge >= 0.3 is 0 Å². The number of hydrogen-bond acceptors (Lipinski definition) is 2. The lowest BCUT2D eigenvalue weighted by Gasteiger charge is -2.09. The van der Waals surface area contributed by atoms with Gasteiger partial charge in [-0.3, -0.25) is 9.63 Å². The maximum atomic E-state index is 11.2. The van der Waals surface area contributed by atoms with Crippen molar-refractivity contribution in [3.8, 4) is 0 Å². The molecule has 0 unspecified atom stereocenters. The number of carbonyl (C=O) groups excluding carboxylic acids is 1. The van der Waals surface area contributed by atoms with Crippen LogP contribution in [-0.4, -0.2) is 24.1 Å². The molecule has 1 heterocycles. The zero-order valence-electron chi connectivity index (χ0n) is 7.19. The summed E-state index contributed by atoms with van der Waals surface area (Å²) >= 11 is 0. The van der Waals surface area contributed by atoms with Crippen molar-refractivity contribution < 1.29 is 9.63 Å². The van der Waals surface area contributed by atoms with Crippen LogP contribution in [0, 0.1) is 0 Å². The molecule has 0 aliphatic carbocycles. The van der Waals surface area contributed by atoms with E-state index < -0.39 is 0 Å². The molecule has 1 fully saturated rings. The van der Waals surface area contributed by atoms with Crippen molar-refractivity contribution in [2.24, 2.45) is 0 Å².